The highest BCUT2D eigenvalue weighted by molar-refractivity contribution is 6.05. The Morgan fingerprint density at radius 3 is 2.46 bits per heavy atom. The van der Waals surface area contributed by atoms with Crippen molar-refractivity contribution < 1.29 is 18.9 Å². The van der Waals surface area contributed by atoms with Crippen LogP contribution in [-0.4, -0.2) is 35.0 Å². The third kappa shape index (κ3) is 6.76. The van der Waals surface area contributed by atoms with E-state index in [1.807, 2.05) is 56.3 Å². The van der Waals surface area contributed by atoms with Gasteiger partial charge in [-0.15, -0.1) is 0 Å². The largest absolute Gasteiger partial charge is 0.351 e. The van der Waals surface area contributed by atoms with Crippen LogP contribution in [0.1, 0.15) is 69.3 Å². The molecule has 0 radical (unpaired) electrons. The van der Waals surface area contributed by atoms with Crippen LogP contribution in [0.15, 0.2) is 59.3 Å². The Bertz CT molecular complexity index is 1200. The molecule has 2 aromatic carbocycles. The summed E-state index contributed by atoms with van der Waals surface area (Å²) in [6.07, 6.45) is 8.10. The fraction of sp³-hybridized carbons (Fsp3) is 0.448. The topological polar surface area (TPSA) is 113 Å². The summed E-state index contributed by atoms with van der Waals surface area (Å²) in [6.45, 7) is 3.93. The maximum Gasteiger partial charge on any atom is 0.290 e. The number of hydrogen-bond acceptors (Lipinski definition) is 5. The zero-order chi connectivity index (χ0) is 26.2. The first-order valence-corrected chi connectivity index (χ1v) is 13.3. The van der Waals surface area contributed by atoms with E-state index in [1.165, 1.54) is 18.7 Å². The highest BCUT2D eigenvalue weighted by atomic mass is 16.5. The van der Waals surface area contributed by atoms with Crippen molar-refractivity contribution in [2.45, 2.75) is 70.9 Å². The van der Waals surface area contributed by atoms with Gasteiger partial charge >= 0.3 is 0 Å². The molecule has 3 atom stereocenters. The monoisotopic (exact) mass is 504 g/mol. The highest BCUT2D eigenvalue weighted by Gasteiger charge is 2.32. The Morgan fingerprint density at radius 1 is 0.973 bits per heavy atom. The second-order valence-corrected chi connectivity index (χ2v) is 10.0. The summed E-state index contributed by atoms with van der Waals surface area (Å²) in [6, 6.07) is 13.5. The third-order valence-electron chi connectivity index (χ3n) is 7.42. The van der Waals surface area contributed by atoms with Crippen LogP contribution in [0.25, 0.3) is 10.8 Å². The minimum absolute atomic E-state index is 0.0496. The van der Waals surface area contributed by atoms with Crippen molar-refractivity contribution in [2.75, 3.05) is 5.32 Å². The maximum absolute atomic E-state index is 13.6. The number of rotatable bonds is 10. The molecule has 8 heteroatoms. The number of nitrogens with one attached hydrogen (secondary N) is 3. The number of anilines is 1. The zero-order valence-electron chi connectivity index (χ0n) is 21.5. The molecule has 1 saturated carbocycles. The fourth-order valence-corrected chi connectivity index (χ4v) is 5.05. The average Bonchev–Trinajstić information content (AvgIpc) is 3.47. The SMILES string of the molecule is CC[C@H](C)[C@H](NC(=O)[C@H](CC1CCCCC1)NC(=O)c1ccno1)C(=O)Nc1cccc2ccccc12. The van der Waals surface area contributed by atoms with Crippen molar-refractivity contribution in [3.63, 3.8) is 0 Å². The van der Waals surface area contributed by atoms with Gasteiger partial charge in [0.1, 0.15) is 12.1 Å². The van der Waals surface area contributed by atoms with E-state index in [9.17, 15) is 14.4 Å². The number of carbonyl (C=O) groups is 3. The van der Waals surface area contributed by atoms with Crippen molar-refractivity contribution in [1.82, 2.24) is 15.8 Å². The molecule has 3 N–H and O–H groups in total. The summed E-state index contributed by atoms with van der Waals surface area (Å²) >= 11 is 0. The second-order valence-electron chi connectivity index (χ2n) is 10.0. The van der Waals surface area contributed by atoms with Gasteiger partial charge in [-0.1, -0.05) is 93.9 Å². The number of nitrogens with zero attached hydrogens (tertiary/aromatic N) is 1. The molecule has 0 spiro atoms. The minimum atomic E-state index is -0.780. The van der Waals surface area contributed by atoms with E-state index in [1.54, 1.807) is 0 Å². The lowest BCUT2D eigenvalue weighted by atomic mass is 9.84. The molecule has 3 aromatic rings. The molecule has 3 amide bonds. The van der Waals surface area contributed by atoms with Crippen LogP contribution in [-0.2, 0) is 9.59 Å². The molecular formula is C29H36N4O4. The number of amides is 3. The van der Waals surface area contributed by atoms with Crippen molar-refractivity contribution in [3.8, 4) is 0 Å². The molecule has 37 heavy (non-hydrogen) atoms. The Balaban J connectivity index is 1.51. The average molecular weight is 505 g/mol. The quantitative estimate of drug-likeness (QED) is 0.357. The van der Waals surface area contributed by atoms with Gasteiger partial charge in [0.15, 0.2) is 0 Å². The molecule has 4 rings (SSSR count). The smallest absolute Gasteiger partial charge is 0.290 e. The molecule has 1 fully saturated rings. The predicted molar refractivity (Wildman–Crippen MR) is 143 cm³/mol. The van der Waals surface area contributed by atoms with Gasteiger partial charge in [-0.25, -0.2) is 0 Å². The molecule has 0 unspecified atom stereocenters. The molecule has 1 aliphatic carbocycles. The minimum Gasteiger partial charge on any atom is -0.351 e. The number of benzene rings is 2. The normalized spacial score (nSPS) is 16.5. The molecular weight excluding hydrogens is 468 g/mol. The van der Waals surface area contributed by atoms with Gasteiger partial charge in [0, 0.05) is 17.1 Å². The van der Waals surface area contributed by atoms with Crippen LogP contribution >= 0.6 is 0 Å². The summed E-state index contributed by atoms with van der Waals surface area (Å²) in [7, 11) is 0. The highest BCUT2D eigenvalue weighted by Crippen LogP contribution is 2.28. The lowest BCUT2D eigenvalue weighted by Crippen LogP contribution is -2.55. The molecule has 1 aliphatic rings. The first kappa shape index (κ1) is 26.4. The molecule has 1 heterocycles. The van der Waals surface area contributed by atoms with Gasteiger partial charge in [0.05, 0.1) is 6.20 Å². The molecule has 0 aliphatic heterocycles. The predicted octanol–water partition coefficient (Wildman–Crippen LogP) is 5.07. The van der Waals surface area contributed by atoms with Gasteiger partial charge in [0.2, 0.25) is 17.6 Å². The molecule has 0 bridgehead atoms. The first-order valence-electron chi connectivity index (χ1n) is 13.3. The standard InChI is InChI=1S/C29H36N4O4/c1-3-19(2)26(29(36)31-23-15-9-13-21-12-7-8-14-22(21)23)33-27(34)24(18-20-10-5-4-6-11-20)32-28(35)25-16-17-30-37-25/h7-9,12-17,19-20,24,26H,3-6,10-11,18H2,1-2H3,(H,31,36)(H,32,35)(H,33,34)/t19-,24-,26-/m0/s1. The lowest BCUT2D eigenvalue weighted by Gasteiger charge is -2.29. The number of aromatic nitrogens is 1. The van der Waals surface area contributed by atoms with Crippen LogP contribution < -0.4 is 16.0 Å². The molecule has 0 saturated heterocycles. The van der Waals surface area contributed by atoms with Crippen LogP contribution in [0.5, 0.6) is 0 Å². The Labute approximate surface area is 217 Å². The summed E-state index contributed by atoms with van der Waals surface area (Å²) in [5, 5.41) is 14.4. The van der Waals surface area contributed by atoms with E-state index in [2.05, 4.69) is 21.1 Å². The van der Waals surface area contributed by atoms with E-state index in [0.29, 0.717) is 24.4 Å². The Morgan fingerprint density at radius 2 is 1.73 bits per heavy atom. The summed E-state index contributed by atoms with van der Waals surface area (Å²) in [4.78, 5) is 39.8. The summed E-state index contributed by atoms with van der Waals surface area (Å²) in [5.41, 5.74) is 0.697. The van der Waals surface area contributed by atoms with Crippen LogP contribution in [0, 0.1) is 11.8 Å². The van der Waals surface area contributed by atoms with Gasteiger partial charge in [0.25, 0.3) is 5.91 Å². The summed E-state index contributed by atoms with van der Waals surface area (Å²) < 4.78 is 4.98. The number of carbonyl (C=O) groups excluding carboxylic acids is 3. The fourth-order valence-electron chi connectivity index (χ4n) is 5.05. The zero-order valence-corrected chi connectivity index (χ0v) is 21.5. The molecule has 196 valence electrons. The summed E-state index contributed by atoms with van der Waals surface area (Å²) in [5.74, 6) is -0.860. The van der Waals surface area contributed by atoms with Gasteiger partial charge in [-0.2, -0.15) is 0 Å². The van der Waals surface area contributed by atoms with E-state index < -0.39 is 18.0 Å². The number of fused-ring (bicyclic) bond motifs is 1. The van der Waals surface area contributed by atoms with Crippen LogP contribution in [0.3, 0.4) is 0 Å². The van der Waals surface area contributed by atoms with Crippen molar-refractivity contribution >= 4 is 34.2 Å². The van der Waals surface area contributed by atoms with Gasteiger partial charge in [-0.3, -0.25) is 14.4 Å². The Hall–Kier alpha value is -3.68. The van der Waals surface area contributed by atoms with Crippen LogP contribution in [0.4, 0.5) is 5.69 Å². The van der Waals surface area contributed by atoms with E-state index in [-0.39, 0.29) is 23.5 Å². The van der Waals surface area contributed by atoms with Gasteiger partial charge < -0.3 is 20.5 Å². The third-order valence-corrected chi connectivity index (χ3v) is 7.42. The van der Waals surface area contributed by atoms with Crippen molar-refractivity contribution in [2.24, 2.45) is 11.8 Å². The van der Waals surface area contributed by atoms with E-state index in [0.717, 1.165) is 36.5 Å². The van der Waals surface area contributed by atoms with E-state index >= 15 is 0 Å². The Kier molecular flexibility index (Phi) is 8.93. The molecule has 8 nitrogen and oxygen atoms in total. The second kappa shape index (κ2) is 12.5. The lowest BCUT2D eigenvalue weighted by molar-refractivity contribution is -0.129. The van der Waals surface area contributed by atoms with Gasteiger partial charge in [-0.05, 0) is 29.7 Å². The van der Waals surface area contributed by atoms with Crippen molar-refractivity contribution in [1.29, 1.82) is 0 Å². The number of hydrogen-bond donors (Lipinski definition) is 3. The first-order chi connectivity index (χ1) is 18.0. The van der Waals surface area contributed by atoms with E-state index in [4.69, 9.17) is 4.52 Å². The van der Waals surface area contributed by atoms with Crippen LogP contribution in [0.2, 0.25) is 0 Å². The molecule has 1 aromatic heterocycles. The van der Waals surface area contributed by atoms with Crippen molar-refractivity contribution in [3.05, 3.63) is 60.5 Å². The maximum atomic E-state index is 13.6.